The zero-order valence-corrected chi connectivity index (χ0v) is 20.1. The summed E-state index contributed by atoms with van der Waals surface area (Å²) in [6.07, 6.45) is -0.822. The Hall–Kier alpha value is -1.49. The van der Waals surface area contributed by atoms with E-state index in [-0.39, 0.29) is 37.1 Å². The molecule has 1 unspecified atom stereocenters. The highest BCUT2D eigenvalue weighted by Gasteiger charge is 2.15. The van der Waals surface area contributed by atoms with E-state index in [1.807, 2.05) is 6.92 Å². The summed E-state index contributed by atoms with van der Waals surface area (Å²) in [6.45, 7) is 4.67. The number of halogens is 3. The topological polar surface area (TPSA) is 96.1 Å². The van der Waals surface area contributed by atoms with Crippen LogP contribution in [0.25, 0.3) is 0 Å². The number of aliphatic imine (C=N–C) groups is 1. The second-order valence-corrected chi connectivity index (χ2v) is 6.84. The molecular weight excluding hydrogens is 532 g/mol. The number of ether oxygens (including phenoxy) is 1. The number of methoxy groups -OCH3 is 1. The number of carbonyl (C=O) groups excluding carboxylic acids is 1. The minimum Gasteiger partial charge on any atom is -0.465 e. The van der Waals surface area contributed by atoms with E-state index in [0.717, 1.165) is 0 Å². The standard InChI is InChI=1S/C19H23Cl2N3O4.HI/c1-4-22-19(23-9-15-8-16(11(2)28-15)18(26)27-3)24-10-17(25)12-5-13(20)7-14(21)6-12;/h5-8,17,25H,4,9-10H2,1-3H3,(H2,22,23,24);1H. The van der Waals surface area contributed by atoms with Crippen LogP contribution in [0.15, 0.2) is 33.7 Å². The number of benzene rings is 1. The van der Waals surface area contributed by atoms with Gasteiger partial charge in [0.15, 0.2) is 5.96 Å². The molecule has 0 saturated heterocycles. The number of carbonyl (C=O) groups is 1. The Labute approximate surface area is 196 Å². The van der Waals surface area contributed by atoms with Crippen molar-refractivity contribution < 1.29 is 19.1 Å². The first kappa shape index (κ1) is 25.5. The van der Waals surface area contributed by atoms with Gasteiger partial charge < -0.3 is 24.9 Å². The van der Waals surface area contributed by atoms with Crippen molar-refractivity contribution in [3.8, 4) is 0 Å². The van der Waals surface area contributed by atoms with Crippen LogP contribution in [0.5, 0.6) is 0 Å². The molecule has 3 N–H and O–H groups in total. The van der Waals surface area contributed by atoms with Gasteiger partial charge in [0.2, 0.25) is 0 Å². The summed E-state index contributed by atoms with van der Waals surface area (Å²) in [6, 6.07) is 6.52. The van der Waals surface area contributed by atoms with Gasteiger partial charge in [-0.1, -0.05) is 23.2 Å². The van der Waals surface area contributed by atoms with Gasteiger partial charge >= 0.3 is 5.97 Å². The SMILES string of the molecule is CCNC(=NCc1cc(C(=O)OC)c(C)o1)NCC(O)c1cc(Cl)cc(Cl)c1.I. The van der Waals surface area contributed by atoms with Crippen LogP contribution in [0.2, 0.25) is 10.0 Å². The predicted octanol–water partition coefficient (Wildman–Crippen LogP) is 4.09. The van der Waals surface area contributed by atoms with Crippen LogP contribution in [0.4, 0.5) is 0 Å². The zero-order valence-electron chi connectivity index (χ0n) is 16.3. The fraction of sp³-hybridized carbons (Fsp3) is 0.368. The highest BCUT2D eigenvalue weighted by atomic mass is 127. The third-order valence-corrected chi connectivity index (χ3v) is 4.28. The maximum absolute atomic E-state index is 11.7. The molecule has 0 radical (unpaired) electrons. The van der Waals surface area contributed by atoms with Gasteiger partial charge in [-0.15, -0.1) is 24.0 Å². The average Bonchev–Trinajstić information content (AvgIpc) is 3.03. The molecule has 10 heteroatoms. The van der Waals surface area contributed by atoms with Gasteiger partial charge in [-0.3, -0.25) is 0 Å². The number of aryl methyl sites for hydroxylation is 1. The lowest BCUT2D eigenvalue weighted by atomic mass is 10.1. The molecule has 1 heterocycles. The second-order valence-electron chi connectivity index (χ2n) is 5.97. The van der Waals surface area contributed by atoms with Crippen LogP contribution in [-0.2, 0) is 11.3 Å². The average molecular weight is 556 g/mol. The van der Waals surface area contributed by atoms with Crippen LogP contribution in [0.3, 0.4) is 0 Å². The third-order valence-electron chi connectivity index (χ3n) is 3.84. The number of furan rings is 1. The molecular formula is C19H24Cl2IN3O4. The summed E-state index contributed by atoms with van der Waals surface area (Å²) in [5.41, 5.74) is 0.976. The van der Waals surface area contributed by atoms with E-state index in [1.54, 1.807) is 31.2 Å². The Morgan fingerprint density at radius 2 is 1.90 bits per heavy atom. The Bertz CT molecular complexity index is 838. The first-order valence-corrected chi connectivity index (χ1v) is 9.43. The monoisotopic (exact) mass is 555 g/mol. The molecule has 160 valence electrons. The molecule has 0 bridgehead atoms. The molecule has 7 nitrogen and oxygen atoms in total. The van der Waals surface area contributed by atoms with Crippen molar-refractivity contribution in [1.29, 1.82) is 0 Å². The van der Waals surface area contributed by atoms with Gasteiger partial charge in [-0.2, -0.15) is 0 Å². The van der Waals surface area contributed by atoms with Crippen LogP contribution < -0.4 is 10.6 Å². The van der Waals surface area contributed by atoms with Gasteiger partial charge in [0, 0.05) is 23.1 Å². The summed E-state index contributed by atoms with van der Waals surface area (Å²) in [5, 5.41) is 17.4. The number of guanidine groups is 1. The maximum atomic E-state index is 11.7. The summed E-state index contributed by atoms with van der Waals surface area (Å²) in [5.74, 6) is 1.04. The molecule has 29 heavy (non-hydrogen) atoms. The lowest BCUT2D eigenvalue weighted by Crippen LogP contribution is -2.39. The summed E-state index contributed by atoms with van der Waals surface area (Å²) in [4.78, 5) is 16.1. The molecule has 2 aromatic rings. The highest BCUT2D eigenvalue weighted by molar-refractivity contribution is 14.0. The molecule has 0 amide bonds. The molecule has 1 atom stereocenters. The first-order chi connectivity index (χ1) is 13.3. The second kappa shape index (κ2) is 12.3. The van der Waals surface area contributed by atoms with Crippen molar-refractivity contribution >= 4 is 59.1 Å². The van der Waals surface area contributed by atoms with Crippen LogP contribution in [-0.4, -0.2) is 37.2 Å². The van der Waals surface area contributed by atoms with Crippen molar-refractivity contribution in [2.24, 2.45) is 4.99 Å². The minimum absolute atomic E-state index is 0. The molecule has 0 spiro atoms. The number of aliphatic hydroxyl groups excluding tert-OH is 1. The highest BCUT2D eigenvalue weighted by Crippen LogP contribution is 2.23. The normalized spacial score (nSPS) is 12.1. The van der Waals surface area contributed by atoms with Crippen LogP contribution in [0, 0.1) is 6.92 Å². The lowest BCUT2D eigenvalue weighted by Gasteiger charge is -2.16. The number of nitrogens with one attached hydrogen (secondary N) is 2. The summed E-state index contributed by atoms with van der Waals surface area (Å²) < 4.78 is 10.3. The smallest absolute Gasteiger partial charge is 0.341 e. The third kappa shape index (κ3) is 7.69. The molecule has 0 fully saturated rings. The van der Waals surface area contributed by atoms with Crippen molar-refractivity contribution in [3.05, 3.63) is 57.0 Å². The van der Waals surface area contributed by atoms with Gasteiger partial charge in [-0.05, 0) is 43.7 Å². The molecule has 0 aliphatic carbocycles. The van der Waals surface area contributed by atoms with Gasteiger partial charge in [0.05, 0.1) is 13.2 Å². The Morgan fingerprint density at radius 1 is 1.24 bits per heavy atom. The van der Waals surface area contributed by atoms with Crippen LogP contribution >= 0.6 is 47.2 Å². The number of esters is 1. The predicted molar refractivity (Wildman–Crippen MR) is 124 cm³/mol. The van der Waals surface area contributed by atoms with Gasteiger partial charge in [0.1, 0.15) is 23.6 Å². The molecule has 1 aromatic heterocycles. The van der Waals surface area contributed by atoms with Crippen molar-refractivity contribution in [2.75, 3.05) is 20.2 Å². The summed E-state index contributed by atoms with van der Waals surface area (Å²) in [7, 11) is 1.32. The first-order valence-electron chi connectivity index (χ1n) is 8.67. The number of nitrogens with zero attached hydrogens (tertiary/aromatic N) is 1. The van der Waals surface area contributed by atoms with E-state index < -0.39 is 12.1 Å². The fourth-order valence-electron chi connectivity index (χ4n) is 2.51. The Kier molecular flexibility index (Phi) is 10.8. The Morgan fingerprint density at radius 3 is 2.48 bits per heavy atom. The molecule has 0 aliphatic rings. The van der Waals surface area contributed by atoms with E-state index in [1.165, 1.54) is 7.11 Å². The number of hydrogen-bond acceptors (Lipinski definition) is 5. The van der Waals surface area contributed by atoms with Gasteiger partial charge in [0.25, 0.3) is 0 Å². The molecule has 0 saturated carbocycles. The maximum Gasteiger partial charge on any atom is 0.341 e. The largest absolute Gasteiger partial charge is 0.465 e. The number of rotatable bonds is 7. The van der Waals surface area contributed by atoms with Crippen LogP contribution in [0.1, 0.15) is 40.5 Å². The van der Waals surface area contributed by atoms with E-state index in [2.05, 4.69) is 15.6 Å². The van der Waals surface area contributed by atoms with Crippen molar-refractivity contribution in [2.45, 2.75) is 26.5 Å². The molecule has 1 aromatic carbocycles. The minimum atomic E-state index is -0.822. The molecule has 0 aliphatic heterocycles. The van der Waals surface area contributed by atoms with E-state index in [0.29, 0.717) is 45.2 Å². The summed E-state index contributed by atoms with van der Waals surface area (Å²) >= 11 is 12.0. The van der Waals surface area contributed by atoms with E-state index in [4.69, 9.17) is 32.4 Å². The van der Waals surface area contributed by atoms with Crippen molar-refractivity contribution in [3.63, 3.8) is 0 Å². The number of aliphatic hydroxyl groups is 1. The zero-order chi connectivity index (χ0) is 20.7. The lowest BCUT2D eigenvalue weighted by molar-refractivity contribution is 0.0599. The fourth-order valence-corrected chi connectivity index (χ4v) is 3.05. The Balaban J connectivity index is 0.00000420. The van der Waals surface area contributed by atoms with E-state index in [9.17, 15) is 9.90 Å². The van der Waals surface area contributed by atoms with Gasteiger partial charge in [-0.25, -0.2) is 9.79 Å². The quantitative estimate of drug-likeness (QED) is 0.206. The molecule has 2 rings (SSSR count). The van der Waals surface area contributed by atoms with E-state index >= 15 is 0 Å². The number of hydrogen-bond donors (Lipinski definition) is 3. The van der Waals surface area contributed by atoms with Crippen molar-refractivity contribution in [1.82, 2.24) is 10.6 Å².